The van der Waals surface area contributed by atoms with Gasteiger partial charge < -0.3 is 14.6 Å². The average molecular weight is 257 g/mol. The molecule has 0 bridgehead atoms. The van der Waals surface area contributed by atoms with Gasteiger partial charge in [0.1, 0.15) is 18.3 Å². The number of aliphatic hydroxyl groups excluding tert-OH is 1. The highest BCUT2D eigenvalue weighted by Crippen LogP contribution is 2.30. The number of hydrogen-bond acceptors (Lipinski definition) is 6. The van der Waals surface area contributed by atoms with Crippen molar-refractivity contribution in [1.29, 1.82) is 0 Å². The van der Waals surface area contributed by atoms with E-state index in [0.717, 1.165) is 19.4 Å². The molecule has 0 aromatic carbocycles. The molecule has 2 fully saturated rings. The van der Waals surface area contributed by atoms with E-state index < -0.39 is 30.3 Å². The molecular weight excluding hydrogens is 238 g/mol. The fraction of sp³-hybridized carbons (Fsp3) is 0.833. The number of ether oxygens (including phenoxy) is 2. The van der Waals surface area contributed by atoms with Crippen molar-refractivity contribution < 1.29 is 24.2 Å². The Morgan fingerprint density at radius 3 is 2.50 bits per heavy atom. The fourth-order valence-electron chi connectivity index (χ4n) is 2.89. The summed E-state index contributed by atoms with van der Waals surface area (Å²) in [6.07, 6.45) is -0.287. The number of carbonyl (C=O) groups excluding carboxylic acids is 2. The maximum absolute atomic E-state index is 11.1. The predicted octanol–water partition coefficient (Wildman–Crippen LogP) is -0.311. The van der Waals surface area contributed by atoms with Crippen LogP contribution in [-0.2, 0) is 19.1 Å². The second kappa shape index (κ2) is 5.24. The summed E-state index contributed by atoms with van der Waals surface area (Å²) in [5.74, 6) is -0.854. The SMILES string of the molecule is CC(=O)O[C@@H]1[C@H](O)[C@@H](OC(C)=O)CN2CCC[C@H]12. The van der Waals surface area contributed by atoms with Crippen LogP contribution in [0.3, 0.4) is 0 Å². The van der Waals surface area contributed by atoms with Crippen LogP contribution < -0.4 is 0 Å². The summed E-state index contributed by atoms with van der Waals surface area (Å²) in [6, 6.07) is 0.0377. The minimum absolute atomic E-state index is 0.0377. The Balaban J connectivity index is 2.12. The van der Waals surface area contributed by atoms with Crippen molar-refractivity contribution in [3.8, 4) is 0 Å². The molecule has 0 saturated carbocycles. The lowest BCUT2D eigenvalue weighted by molar-refractivity contribution is -0.186. The van der Waals surface area contributed by atoms with Gasteiger partial charge in [0.25, 0.3) is 0 Å². The lowest BCUT2D eigenvalue weighted by Gasteiger charge is -2.42. The van der Waals surface area contributed by atoms with E-state index in [1.807, 2.05) is 0 Å². The first-order valence-corrected chi connectivity index (χ1v) is 6.25. The van der Waals surface area contributed by atoms with Crippen molar-refractivity contribution in [2.75, 3.05) is 13.1 Å². The van der Waals surface area contributed by atoms with Gasteiger partial charge in [0, 0.05) is 26.4 Å². The largest absolute Gasteiger partial charge is 0.458 e. The van der Waals surface area contributed by atoms with Crippen molar-refractivity contribution in [1.82, 2.24) is 4.90 Å². The molecule has 2 saturated heterocycles. The second-order valence-corrected chi connectivity index (χ2v) is 4.92. The third-order valence-electron chi connectivity index (χ3n) is 3.54. The summed E-state index contributed by atoms with van der Waals surface area (Å²) in [5.41, 5.74) is 0. The highest BCUT2D eigenvalue weighted by molar-refractivity contribution is 5.67. The molecule has 0 aromatic heterocycles. The number of carbonyl (C=O) groups is 2. The van der Waals surface area contributed by atoms with Crippen LogP contribution in [0.25, 0.3) is 0 Å². The fourth-order valence-corrected chi connectivity index (χ4v) is 2.89. The van der Waals surface area contributed by atoms with Gasteiger partial charge in [-0.15, -0.1) is 0 Å². The van der Waals surface area contributed by atoms with Crippen molar-refractivity contribution in [2.24, 2.45) is 0 Å². The van der Waals surface area contributed by atoms with E-state index in [1.54, 1.807) is 0 Å². The number of piperidine rings is 1. The van der Waals surface area contributed by atoms with E-state index >= 15 is 0 Å². The van der Waals surface area contributed by atoms with Crippen LogP contribution >= 0.6 is 0 Å². The van der Waals surface area contributed by atoms with Crippen LogP contribution in [0, 0.1) is 0 Å². The van der Waals surface area contributed by atoms with Crippen molar-refractivity contribution in [3.05, 3.63) is 0 Å². The Bertz CT molecular complexity index is 345. The minimum atomic E-state index is -0.947. The molecule has 1 N–H and O–H groups in total. The van der Waals surface area contributed by atoms with Gasteiger partial charge in [0.2, 0.25) is 0 Å². The zero-order chi connectivity index (χ0) is 13.3. The molecule has 0 aliphatic carbocycles. The van der Waals surface area contributed by atoms with Gasteiger partial charge in [-0.25, -0.2) is 0 Å². The predicted molar refractivity (Wildman–Crippen MR) is 61.7 cm³/mol. The molecule has 102 valence electrons. The zero-order valence-electron chi connectivity index (χ0n) is 10.7. The van der Waals surface area contributed by atoms with Gasteiger partial charge in [-0.2, -0.15) is 0 Å². The Morgan fingerprint density at radius 1 is 1.22 bits per heavy atom. The number of rotatable bonds is 2. The van der Waals surface area contributed by atoms with Crippen molar-refractivity contribution >= 4 is 11.9 Å². The van der Waals surface area contributed by atoms with E-state index in [0.29, 0.717) is 6.54 Å². The molecule has 2 aliphatic heterocycles. The minimum Gasteiger partial charge on any atom is -0.458 e. The van der Waals surface area contributed by atoms with E-state index in [4.69, 9.17) is 9.47 Å². The molecule has 0 spiro atoms. The Kier molecular flexibility index (Phi) is 3.87. The second-order valence-electron chi connectivity index (χ2n) is 4.92. The molecular formula is C12H19NO5. The Morgan fingerprint density at radius 2 is 1.89 bits per heavy atom. The zero-order valence-corrected chi connectivity index (χ0v) is 10.7. The first kappa shape index (κ1) is 13.3. The van der Waals surface area contributed by atoms with E-state index in [9.17, 15) is 14.7 Å². The molecule has 0 amide bonds. The summed E-state index contributed by atoms with van der Waals surface area (Å²) >= 11 is 0. The summed E-state index contributed by atoms with van der Waals surface area (Å²) < 4.78 is 10.3. The highest BCUT2D eigenvalue weighted by Gasteiger charge is 2.47. The molecule has 6 heteroatoms. The molecule has 0 aromatic rings. The lowest BCUT2D eigenvalue weighted by atomic mass is 9.94. The number of esters is 2. The Labute approximate surface area is 106 Å². The normalized spacial score (nSPS) is 35.9. The summed E-state index contributed by atoms with van der Waals surface area (Å²) in [6.45, 7) is 4.02. The molecule has 0 unspecified atom stereocenters. The maximum Gasteiger partial charge on any atom is 0.303 e. The average Bonchev–Trinajstić information content (AvgIpc) is 2.70. The molecule has 6 nitrogen and oxygen atoms in total. The first-order valence-electron chi connectivity index (χ1n) is 6.25. The van der Waals surface area contributed by atoms with E-state index in [-0.39, 0.29) is 6.04 Å². The standard InChI is InChI=1S/C12H19NO5/c1-7(14)17-10-6-13-5-3-4-9(13)12(11(10)16)18-8(2)15/h9-12,16H,3-6H2,1-2H3/t9-,10+,11-,12+/m1/s1. The Hall–Kier alpha value is -1.14. The molecule has 0 radical (unpaired) electrons. The molecule has 18 heavy (non-hydrogen) atoms. The van der Waals surface area contributed by atoms with Gasteiger partial charge in [-0.3, -0.25) is 14.5 Å². The van der Waals surface area contributed by atoms with Crippen LogP contribution in [0.1, 0.15) is 26.7 Å². The summed E-state index contributed by atoms with van der Waals surface area (Å²) in [5, 5.41) is 10.2. The smallest absolute Gasteiger partial charge is 0.303 e. The number of hydrogen-bond donors (Lipinski definition) is 1. The molecule has 2 rings (SSSR count). The third-order valence-corrected chi connectivity index (χ3v) is 3.54. The summed E-state index contributed by atoms with van der Waals surface area (Å²) in [4.78, 5) is 24.3. The highest BCUT2D eigenvalue weighted by atomic mass is 16.6. The van der Waals surface area contributed by atoms with Crippen LogP contribution in [0.5, 0.6) is 0 Å². The van der Waals surface area contributed by atoms with Crippen molar-refractivity contribution in [3.63, 3.8) is 0 Å². The van der Waals surface area contributed by atoms with Gasteiger partial charge in [0.05, 0.1) is 0 Å². The lowest BCUT2D eigenvalue weighted by Crippen LogP contribution is -2.61. The van der Waals surface area contributed by atoms with Crippen LogP contribution in [0.4, 0.5) is 0 Å². The van der Waals surface area contributed by atoms with Crippen LogP contribution in [0.2, 0.25) is 0 Å². The van der Waals surface area contributed by atoms with Crippen molar-refractivity contribution in [2.45, 2.75) is 51.0 Å². The molecule has 2 aliphatic rings. The van der Waals surface area contributed by atoms with Gasteiger partial charge >= 0.3 is 11.9 Å². The maximum atomic E-state index is 11.1. The molecule has 4 atom stereocenters. The van der Waals surface area contributed by atoms with E-state index in [1.165, 1.54) is 13.8 Å². The van der Waals surface area contributed by atoms with Gasteiger partial charge in [-0.1, -0.05) is 0 Å². The van der Waals surface area contributed by atoms with Crippen LogP contribution in [-0.4, -0.2) is 59.4 Å². The van der Waals surface area contributed by atoms with Crippen LogP contribution in [0.15, 0.2) is 0 Å². The number of nitrogens with zero attached hydrogens (tertiary/aromatic N) is 1. The van der Waals surface area contributed by atoms with E-state index in [2.05, 4.69) is 4.90 Å². The monoisotopic (exact) mass is 257 g/mol. The number of fused-ring (bicyclic) bond motifs is 1. The quantitative estimate of drug-likeness (QED) is 0.684. The molecule has 2 heterocycles. The third kappa shape index (κ3) is 2.64. The topological polar surface area (TPSA) is 76.1 Å². The van der Waals surface area contributed by atoms with Gasteiger partial charge in [0.15, 0.2) is 0 Å². The summed E-state index contributed by atoms with van der Waals surface area (Å²) in [7, 11) is 0. The van der Waals surface area contributed by atoms with Gasteiger partial charge in [-0.05, 0) is 19.4 Å². The number of aliphatic hydroxyl groups is 1. The first-order chi connectivity index (χ1) is 8.49.